The number of hydrogen-bond acceptors (Lipinski definition) is 4. The van der Waals surface area contributed by atoms with Gasteiger partial charge in [0.25, 0.3) is 5.91 Å². The summed E-state index contributed by atoms with van der Waals surface area (Å²) in [6, 6.07) is 10.4. The quantitative estimate of drug-likeness (QED) is 0.846. The number of rotatable bonds is 2. The maximum Gasteiger partial charge on any atom is 0.272 e. The van der Waals surface area contributed by atoms with Crippen LogP contribution >= 0.6 is 0 Å². The first-order valence-corrected chi connectivity index (χ1v) is 9.03. The molecule has 0 aliphatic carbocycles. The zero-order valence-electron chi connectivity index (χ0n) is 14.9. The SMILES string of the molecule is Cc1cc(C(=O)N2CCc3ccccc3C2)nc([C@H]2CCCN2C)n1. The lowest BCUT2D eigenvalue weighted by Crippen LogP contribution is -2.36. The molecule has 4 rings (SSSR count). The highest BCUT2D eigenvalue weighted by atomic mass is 16.2. The fourth-order valence-corrected chi connectivity index (χ4v) is 3.92. The molecule has 5 nitrogen and oxygen atoms in total. The second-order valence-electron chi connectivity index (χ2n) is 7.14. The minimum Gasteiger partial charge on any atom is -0.333 e. The van der Waals surface area contributed by atoms with Crippen LogP contribution < -0.4 is 0 Å². The first kappa shape index (κ1) is 16.2. The van der Waals surface area contributed by atoms with Crippen molar-refractivity contribution in [3.05, 3.63) is 58.7 Å². The van der Waals surface area contributed by atoms with Crippen LogP contribution in [0.5, 0.6) is 0 Å². The standard InChI is InChI=1S/C20H24N4O/c1-14-12-17(22-19(21-14)18-8-5-10-23(18)2)20(25)24-11-9-15-6-3-4-7-16(15)13-24/h3-4,6-7,12,18H,5,8-11,13H2,1-2H3/t18-/m1/s1. The Morgan fingerprint density at radius 1 is 1.16 bits per heavy atom. The van der Waals surface area contributed by atoms with Gasteiger partial charge in [0.1, 0.15) is 11.5 Å². The fraction of sp³-hybridized carbons (Fsp3) is 0.450. The van der Waals surface area contributed by atoms with Crippen molar-refractivity contribution >= 4 is 5.91 Å². The summed E-state index contributed by atoms with van der Waals surface area (Å²) in [5.41, 5.74) is 3.98. The van der Waals surface area contributed by atoms with Gasteiger partial charge in [-0.25, -0.2) is 9.97 Å². The van der Waals surface area contributed by atoms with Crippen LogP contribution in [0, 0.1) is 6.92 Å². The van der Waals surface area contributed by atoms with Gasteiger partial charge in [-0.3, -0.25) is 9.69 Å². The predicted octanol–water partition coefficient (Wildman–Crippen LogP) is 2.75. The molecule has 3 heterocycles. The van der Waals surface area contributed by atoms with Crippen LogP contribution in [0.3, 0.4) is 0 Å². The van der Waals surface area contributed by atoms with Crippen molar-refractivity contribution in [2.24, 2.45) is 0 Å². The maximum atomic E-state index is 13.0. The predicted molar refractivity (Wildman–Crippen MR) is 96.3 cm³/mol. The molecule has 0 spiro atoms. The van der Waals surface area contributed by atoms with Crippen LogP contribution in [0.1, 0.15) is 52.0 Å². The number of fused-ring (bicyclic) bond motifs is 1. The van der Waals surface area contributed by atoms with Crippen molar-refractivity contribution in [2.75, 3.05) is 20.1 Å². The largest absolute Gasteiger partial charge is 0.333 e. The van der Waals surface area contributed by atoms with Gasteiger partial charge in [0.05, 0.1) is 6.04 Å². The molecule has 1 aromatic heterocycles. The Morgan fingerprint density at radius 3 is 2.72 bits per heavy atom. The van der Waals surface area contributed by atoms with Gasteiger partial charge < -0.3 is 4.90 Å². The summed E-state index contributed by atoms with van der Waals surface area (Å²) in [6.07, 6.45) is 3.12. The van der Waals surface area contributed by atoms with E-state index in [2.05, 4.69) is 40.1 Å². The van der Waals surface area contributed by atoms with E-state index >= 15 is 0 Å². The number of benzene rings is 1. The van der Waals surface area contributed by atoms with Crippen LogP contribution in [0.25, 0.3) is 0 Å². The Balaban J connectivity index is 1.59. The molecule has 25 heavy (non-hydrogen) atoms. The van der Waals surface area contributed by atoms with Crippen LogP contribution in [0.4, 0.5) is 0 Å². The lowest BCUT2D eigenvalue weighted by atomic mass is 10.00. The summed E-state index contributed by atoms with van der Waals surface area (Å²) in [4.78, 5) is 26.5. The molecular weight excluding hydrogens is 312 g/mol. The van der Waals surface area contributed by atoms with Crippen LogP contribution in [-0.4, -0.2) is 45.8 Å². The summed E-state index contributed by atoms with van der Waals surface area (Å²) >= 11 is 0. The number of aromatic nitrogens is 2. The third kappa shape index (κ3) is 3.16. The molecule has 0 radical (unpaired) electrons. The maximum absolute atomic E-state index is 13.0. The van der Waals surface area contributed by atoms with Crippen molar-refractivity contribution < 1.29 is 4.79 Å². The van der Waals surface area contributed by atoms with Gasteiger partial charge in [0.2, 0.25) is 0 Å². The zero-order chi connectivity index (χ0) is 17.4. The Morgan fingerprint density at radius 2 is 1.96 bits per heavy atom. The van der Waals surface area contributed by atoms with Gasteiger partial charge in [-0.1, -0.05) is 24.3 Å². The van der Waals surface area contributed by atoms with E-state index in [1.54, 1.807) is 0 Å². The number of amides is 1. The van der Waals surface area contributed by atoms with Crippen molar-refractivity contribution in [2.45, 2.75) is 38.8 Å². The molecule has 2 aliphatic rings. The van der Waals surface area contributed by atoms with E-state index in [1.807, 2.05) is 24.0 Å². The first-order chi connectivity index (χ1) is 12.1. The third-order valence-corrected chi connectivity index (χ3v) is 5.33. The molecule has 1 atom stereocenters. The molecular formula is C20H24N4O. The Bertz CT molecular complexity index is 804. The van der Waals surface area contributed by atoms with Crippen molar-refractivity contribution in [3.8, 4) is 0 Å². The lowest BCUT2D eigenvalue weighted by Gasteiger charge is -2.29. The van der Waals surface area contributed by atoms with Gasteiger partial charge >= 0.3 is 0 Å². The second kappa shape index (κ2) is 6.56. The normalized spacial score (nSPS) is 20.6. The van der Waals surface area contributed by atoms with E-state index in [1.165, 1.54) is 11.1 Å². The summed E-state index contributed by atoms with van der Waals surface area (Å²) in [5, 5.41) is 0. The van der Waals surface area contributed by atoms with E-state index in [-0.39, 0.29) is 11.9 Å². The molecule has 0 N–H and O–H groups in total. The highest BCUT2D eigenvalue weighted by Crippen LogP contribution is 2.28. The van der Waals surface area contributed by atoms with Crippen LogP contribution in [-0.2, 0) is 13.0 Å². The Hall–Kier alpha value is -2.27. The number of nitrogens with zero attached hydrogens (tertiary/aromatic N) is 4. The van der Waals surface area contributed by atoms with Crippen molar-refractivity contribution in [3.63, 3.8) is 0 Å². The molecule has 5 heteroatoms. The summed E-state index contributed by atoms with van der Waals surface area (Å²) in [5.74, 6) is 0.808. The number of aryl methyl sites for hydroxylation is 1. The number of likely N-dealkylation sites (tertiary alicyclic amines) is 1. The minimum atomic E-state index is 0.0157. The molecule has 0 bridgehead atoms. The van der Waals surface area contributed by atoms with Gasteiger partial charge in [-0.15, -0.1) is 0 Å². The van der Waals surface area contributed by atoms with Gasteiger partial charge in [-0.05, 0) is 57.0 Å². The second-order valence-corrected chi connectivity index (χ2v) is 7.14. The minimum absolute atomic E-state index is 0.0157. The van der Waals surface area contributed by atoms with E-state index in [0.29, 0.717) is 12.2 Å². The smallest absolute Gasteiger partial charge is 0.272 e. The molecule has 2 aliphatic heterocycles. The summed E-state index contributed by atoms with van der Waals surface area (Å²) in [6.45, 7) is 4.42. The van der Waals surface area contributed by atoms with Gasteiger partial charge in [0, 0.05) is 18.8 Å². The van der Waals surface area contributed by atoms with E-state index in [9.17, 15) is 4.79 Å². The number of hydrogen-bond donors (Lipinski definition) is 0. The van der Waals surface area contributed by atoms with Crippen molar-refractivity contribution in [1.82, 2.24) is 19.8 Å². The van der Waals surface area contributed by atoms with Crippen LogP contribution in [0.2, 0.25) is 0 Å². The molecule has 1 saturated heterocycles. The Labute approximate surface area is 148 Å². The van der Waals surface area contributed by atoms with E-state index in [4.69, 9.17) is 0 Å². The molecule has 1 aromatic carbocycles. The summed E-state index contributed by atoms with van der Waals surface area (Å²) < 4.78 is 0. The fourth-order valence-electron chi connectivity index (χ4n) is 3.92. The van der Waals surface area contributed by atoms with Crippen molar-refractivity contribution in [1.29, 1.82) is 0 Å². The average Bonchev–Trinajstić information content (AvgIpc) is 3.06. The third-order valence-electron chi connectivity index (χ3n) is 5.33. The number of carbonyl (C=O) groups excluding carboxylic acids is 1. The zero-order valence-corrected chi connectivity index (χ0v) is 14.9. The number of carbonyl (C=O) groups is 1. The molecule has 0 unspecified atom stereocenters. The molecule has 1 amide bonds. The highest BCUT2D eigenvalue weighted by molar-refractivity contribution is 5.92. The van der Waals surface area contributed by atoms with Gasteiger partial charge in [0.15, 0.2) is 0 Å². The molecule has 130 valence electrons. The highest BCUT2D eigenvalue weighted by Gasteiger charge is 2.28. The monoisotopic (exact) mass is 336 g/mol. The van der Waals surface area contributed by atoms with E-state index in [0.717, 1.165) is 43.9 Å². The summed E-state index contributed by atoms with van der Waals surface area (Å²) in [7, 11) is 2.10. The molecule has 2 aromatic rings. The van der Waals surface area contributed by atoms with Crippen LogP contribution in [0.15, 0.2) is 30.3 Å². The lowest BCUT2D eigenvalue weighted by molar-refractivity contribution is 0.0727. The van der Waals surface area contributed by atoms with Gasteiger partial charge in [-0.2, -0.15) is 0 Å². The average molecular weight is 336 g/mol. The molecule has 0 saturated carbocycles. The topological polar surface area (TPSA) is 49.3 Å². The first-order valence-electron chi connectivity index (χ1n) is 9.03. The molecule has 1 fully saturated rings. The Kier molecular flexibility index (Phi) is 4.25. The van der Waals surface area contributed by atoms with E-state index < -0.39 is 0 Å².